The molecule has 2 aromatic rings. The normalized spacial score (nSPS) is 14.2. The van der Waals surface area contributed by atoms with Gasteiger partial charge in [0, 0.05) is 32.6 Å². The summed E-state index contributed by atoms with van der Waals surface area (Å²) in [5.74, 6) is 0.230. The van der Waals surface area contributed by atoms with E-state index in [1.54, 1.807) is 6.20 Å². The Hall–Kier alpha value is -2.34. The quantitative estimate of drug-likeness (QED) is 0.557. The monoisotopic (exact) mass is 430 g/mol. The van der Waals surface area contributed by atoms with Crippen molar-refractivity contribution >= 4 is 23.2 Å². The molecule has 1 amide bonds. The molecule has 0 atom stereocenters. The summed E-state index contributed by atoms with van der Waals surface area (Å²) in [6, 6.07) is 9.23. The molecule has 3 rings (SSSR count). The summed E-state index contributed by atoms with van der Waals surface area (Å²) in [6.45, 7) is 4.80. The molecule has 0 aliphatic carbocycles. The Morgan fingerprint density at radius 2 is 1.67 bits per heavy atom. The molecule has 0 saturated carbocycles. The van der Waals surface area contributed by atoms with Gasteiger partial charge in [-0.2, -0.15) is 9.78 Å². The van der Waals surface area contributed by atoms with Gasteiger partial charge in [-0.05, 0) is 18.6 Å². The second-order valence-corrected chi connectivity index (χ2v) is 8.16. The Bertz CT molecular complexity index is 877. The minimum Gasteiger partial charge on any atom is -0.365 e. The van der Waals surface area contributed by atoms with Crippen molar-refractivity contribution < 1.29 is 4.79 Å². The zero-order valence-electron chi connectivity index (χ0n) is 17.7. The topological polar surface area (TPSA) is 58.4 Å². The van der Waals surface area contributed by atoms with Crippen molar-refractivity contribution in [2.75, 3.05) is 31.1 Å². The Morgan fingerprint density at radius 1 is 1.00 bits per heavy atom. The number of rotatable bonds is 9. The number of unbranched alkanes of at least 4 members (excludes halogenated alkanes) is 5. The zero-order chi connectivity index (χ0) is 21.3. The van der Waals surface area contributed by atoms with Gasteiger partial charge in [0.2, 0.25) is 5.91 Å². The van der Waals surface area contributed by atoms with Crippen LogP contribution in [0.1, 0.15) is 51.9 Å². The minimum atomic E-state index is -0.332. The van der Waals surface area contributed by atoms with E-state index in [0.717, 1.165) is 12.8 Å². The van der Waals surface area contributed by atoms with Crippen LogP contribution in [0.2, 0.25) is 5.02 Å². The molecule has 0 unspecified atom stereocenters. The molecule has 7 heteroatoms. The maximum Gasteiger partial charge on any atom is 0.292 e. The Kier molecular flexibility index (Phi) is 8.31. The van der Waals surface area contributed by atoms with E-state index in [9.17, 15) is 9.59 Å². The molecule has 162 valence electrons. The smallest absolute Gasteiger partial charge is 0.292 e. The van der Waals surface area contributed by atoms with Gasteiger partial charge in [0.1, 0.15) is 5.02 Å². The number of carbonyl (C=O) groups is 1. The van der Waals surface area contributed by atoms with E-state index in [0.29, 0.717) is 44.0 Å². The van der Waals surface area contributed by atoms with Gasteiger partial charge in [0.05, 0.1) is 17.6 Å². The van der Waals surface area contributed by atoms with E-state index >= 15 is 0 Å². The van der Waals surface area contributed by atoms with Crippen LogP contribution in [0.5, 0.6) is 0 Å². The summed E-state index contributed by atoms with van der Waals surface area (Å²) in [7, 11) is 0. The lowest BCUT2D eigenvalue weighted by molar-refractivity contribution is -0.131. The van der Waals surface area contributed by atoms with Crippen LogP contribution in [0.15, 0.2) is 41.3 Å². The SMILES string of the molecule is CCCCCCCCC(=O)N1CCN(c2cnn(-c3ccccc3)c(=O)c2Cl)CC1. The molecule has 1 saturated heterocycles. The maximum atomic E-state index is 12.7. The Morgan fingerprint density at radius 3 is 2.37 bits per heavy atom. The fourth-order valence-electron chi connectivity index (χ4n) is 3.81. The van der Waals surface area contributed by atoms with Crippen LogP contribution in [-0.2, 0) is 4.79 Å². The van der Waals surface area contributed by atoms with E-state index in [1.165, 1.54) is 30.4 Å². The first-order valence-corrected chi connectivity index (χ1v) is 11.4. The third-order valence-electron chi connectivity index (χ3n) is 5.62. The maximum absolute atomic E-state index is 12.7. The van der Waals surface area contributed by atoms with Gasteiger partial charge in [0.25, 0.3) is 5.56 Å². The van der Waals surface area contributed by atoms with Crippen LogP contribution in [0.3, 0.4) is 0 Å². The first-order chi connectivity index (χ1) is 14.6. The summed E-state index contributed by atoms with van der Waals surface area (Å²) in [4.78, 5) is 29.1. The molecule has 2 heterocycles. The minimum absolute atomic E-state index is 0.167. The third-order valence-corrected chi connectivity index (χ3v) is 5.97. The number of nitrogens with zero attached hydrogens (tertiary/aromatic N) is 4. The van der Waals surface area contributed by atoms with Crippen LogP contribution in [-0.4, -0.2) is 46.8 Å². The third kappa shape index (κ3) is 5.63. The van der Waals surface area contributed by atoms with E-state index in [4.69, 9.17) is 11.6 Å². The fraction of sp³-hybridized carbons (Fsp3) is 0.522. The van der Waals surface area contributed by atoms with Crippen molar-refractivity contribution in [1.82, 2.24) is 14.7 Å². The Labute approximate surface area is 183 Å². The number of carbonyl (C=O) groups excluding carboxylic acids is 1. The number of amides is 1. The predicted molar refractivity (Wildman–Crippen MR) is 122 cm³/mol. The van der Waals surface area contributed by atoms with Crippen LogP contribution in [0, 0.1) is 0 Å². The van der Waals surface area contributed by atoms with Crippen molar-refractivity contribution in [3.05, 3.63) is 51.9 Å². The highest BCUT2D eigenvalue weighted by molar-refractivity contribution is 6.33. The number of piperazine rings is 1. The van der Waals surface area contributed by atoms with Gasteiger partial charge in [-0.15, -0.1) is 0 Å². The van der Waals surface area contributed by atoms with Gasteiger partial charge >= 0.3 is 0 Å². The second kappa shape index (κ2) is 11.2. The molecule has 1 aliphatic heterocycles. The number of para-hydroxylation sites is 1. The number of anilines is 1. The molecular formula is C23H31ClN4O2. The van der Waals surface area contributed by atoms with Crippen molar-refractivity contribution in [2.45, 2.75) is 51.9 Å². The highest BCUT2D eigenvalue weighted by Crippen LogP contribution is 2.23. The van der Waals surface area contributed by atoms with Gasteiger partial charge in [-0.3, -0.25) is 9.59 Å². The van der Waals surface area contributed by atoms with E-state index in [-0.39, 0.29) is 16.5 Å². The lowest BCUT2D eigenvalue weighted by atomic mass is 10.1. The van der Waals surface area contributed by atoms with Crippen LogP contribution < -0.4 is 10.5 Å². The molecule has 30 heavy (non-hydrogen) atoms. The standard InChI is InChI=1S/C23H31ClN4O2/c1-2-3-4-5-6-10-13-21(29)27-16-14-26(15-17-27)20-18-25-28(23(30)22(20)24)19-11-8-7-9-12-19/h7-9,11-12,18H,2-6,10,13-17H2,1H3. The van der Waals surface area contributed by atoms with E-state index in [1.807, 2.05) is 40.1 Å². The van der Waals surface area contributed by atoms with Gasteiger partial charge < -0.3 is 9.80 Å². The fourth-order valence-corrected chi connectivity index (χ4v) is 4.06. The summed E-state index contributed by atoms with van der Waals surface area (Å²) in [6.07, 6.45) is 9.37. The molecule has 1 aliphatic rings. The van der Waals surface area contributed by atoms with Gasteiger partial charge in [-0.25, -0.2) is 0 Å². The summed E-state index contributed by atoms with van der Waals surface area (Å²) in [5, 5.41) is 4.47. The molecule has 1 aromatic heterocycles. The predicted octanol–water partition coefficient (Wildman–Crippen LogP) is 4.29. The summed E-state index contributed by atoms with van der Waals surface area (Å²) >= 11 is 6.41. The summed E-state index contributed by atoms with van der Waals surface area (Å²) in [5.41, 5.74) is 0.986. The Balaban J connectivity index is 1.53. The number of halogens is 1. The van der Waals surface area contributed by atoms with Gasteiger partial charge in [0.15, 0.2) is 0 Å². The largest absolute Gasteiger partial charge is 0.365 e. The molecular weight excluding hydrogens is 400 g/mol. The molecule has 0 radical (unpaired) electrons. The van der Waals surface area contributed by atoms with E-state index in [2.05, 4.69) is 12.0 Å². The molecule has 1 fully saturated rings. The summed E-state index contributed by atoms with van der Waals surface area (Å²) < 4.78 is 1.31. The van der Waals surface area contributed by atoms with Crippen molar-refractivity contribution in [3.8, 4) is 5.69 Å². The van der Waals surface area contributed by atoms with Crippen LogP contribution >= 0.6 is 11.6 Å². The van der Waals surface area contributed by atoms with Crippen molar-refractivity contribution in [3.63, 3.8) is 0 Å². The highest BCUT2D eigenvalue weighted by Gasteiger charge is 2.23. The second-order valence-electron chi connectivity index (χ2n) is 7.78. The first-order valence-electron chi connectivity index (χ1n) is 11.0. The van der Waals surface area contributed by atoms with E-state index < -0.39 is 0 Å². The number of hydrogen-bond acceptors (Lipinski definition) is 4. The molecule has 0 bridgehead atoms. The number of hydrogen-bond donors (Lipinski definition) is 0. The zero-order valence-corrected chi connectivity index (χ0v) is 18.5. The van der Waals surface area contributed by atoms with Crippen LogP contribution in [0.25, 0.3) is 5.69 Å². The first kappa shape index (κ1) is 22.3. The molecule has 6 nitrogen and oxygen atoms in total. The lowest BCUT2D eigenvalue weighted by Gasteiger charge is -2.36. The van der Waals surface area contributed by atoms with Crippen molar-refractivity contribution in [1.29, 1.82) is 0 Å². The van der Waals surface area contributed by atoms with Crippen LogP contribution in [0.4, 0.5) is 5.69 Å². The average Bonchev–Trinajstić information content (AvgIpc) is 2.78. The molecule has 0 N–H and O–H groups in total. The molecule has 1 aromatic carbocycles. The lowest BCUT2D eigenvalue weighted by Crippen LogP contribution is -2.49. The van der Waals surface area contributed by atoms with Crippen molar-refractivity contribution in [2.24, 2.45) is 0 Å². The molecule has 0 spiro atoms. The average molecular weight is 431 g/mol. The van der Waals surface area contributed by atoms with Gasteiger partial charge in [-0.1, -0.05) is 68.8 Å². The number of aromatic nitrogens is 2. The highest BCUT2D eigenvalue weighted by atomic mass is 35.5. The number of benzene rings is 1.